The molecule has 0 radical (unpaired) electrons. The van der Waals surface area contributed by atoms with E-state index in [0.717, 1.165) is 18.4 Å². The Kier molecular flexibility index (Phi) is 4.89. The van der Waals surface area contributed by atoms with Gasteiger partial charge in [0, 0.05) is 12.1 Å². The minimum atomic E-state index is -3.67. The van der Waals surface area contributed by atoms with Gasteiger partial charge in [0.15, 0.2) is 0 Å². The summed E-state index contributed by atoms with van der Waals surface area (Å²) in [6.07, 6.45) is 6.07. The van der Waals surface area contributed by atoms with Gasteiger partial charge in [-0.1, -0.05) is 6.08 Å². The van der Waals surface area contributed by atoms with E-state index in [2.05, 4.69) is 11.9 Å². The zero-order valence-corrected chi connectivity index (χ0v) is 11.6. The normalized spacial score (nSPS) is 27.0. The van der Waals surface area contributed by atoms with Gasteiger partial charge in [-0.3, -0.25) is 9.45 Å². The predicted octanol–water partition coefficient (Wildman–Crippen LogP) is 0.456. The Balaban J connectivity index is 0.000000280. The minimum absolute atomic E-state index is 0.155. The van der Waals surface area contributed by atoms with Crippen molar-refractivity contribution in [2.24, 2.45) is 0 Å². The van der Waals surface area contributed by atoms with Crippen LogP contribution < -0.4 is 0 Å². The molecule has 2 rings (SSSR count). The van der Waals surface area contributed by atoms with Gasteiger partial charge in [0.1, 0.15) is 0 Å². The molecular weight excluding hydrogens is 258 g/mol. The fourth-order valence-electron chi connectivity index (χ4n) is 2.41. The lowest BCUT2D eigenvalue weighted by molar-refractivity contribution is -0.136. The number of nitrogens with zero attached hydrogens (tertiary/aromatic N) is 1. The van der Waals surface area contributed by atoms with E-state index >= 15 is 0 Å². The van der Waals surface area contributed by atoms with Gasteiger partial charge in [0.25, 0.3) is 10.1 Å². The molecule has 0 aliphatic carbocycles. The number of likely N-dealkylation sites (N-methyl/N-ethyl adjacent to an activating group) is 1. The molecule has 0 aromatic rings. The summed E-state index contributed by atoms with van der Waals surface area (Å²) < 4.78 is 30.6. The van der Waals surface area contributed by atoms with Gasteiger partial charge in [-0.2, -0.15) is 8.42 Å². The van der Waals surface area contributed by atoms with Crippen molar-refractivity contribution in [1.29, 1.82) is 0 Å². The molecule has 7 heteroatoms. The molecule has 1 saturated heterocycles. The zero-order chi connectivity index (χ0) is 13.9. The molecule has 0 aromatic heterocycles. The van der Waals surface area contributed by atoms with Crippen molar-refractivity contribution < 1.29 is 22.5 Å². The maximum absolute atomic E-state index is 11.4. The van der Waals surface area contributed by atoms with Crippen LogP contribution in [0.5, 0.6) is 0 Å². The number of methoxy groups -OCH3 is 1. The van der Waals surface area contributed by atoms with Crippen molar-refractivity contribution in [3.8, 4) is 0 Å². The first kappa shape index (κ1) is 15.1. The molecule has 0 spiro atoms. The van der Waals surface area contributed by atoms with Crippen LogP contribution in [-0.2, 0) is 19.6 Å². The van der Waals surface area contributed by atoms with Crippen LogP contribution in [0.25, 0.3) is 0 Å². The van der Waals surface area contributed by atoms with Crippen molar-refractivity contribution in [3.05, 3.63) is 11.6 Å². The van der Waals surface area contributed by atoms with E-state index in [1.807, 2.05) is 6.08 Å². The molecular formula is C11H19NO5S. The van der Waals surface area contributed by atoms with Crippen LogP contribution in [0.4, 0.5) is 0 Å². The molecule has 2 aliphatic heterocycles. The van der Waals surface area contributed by atoms with Crippen LogP contribution in [0.2, 0.25) is 0 Å². The van der Waals surface area contributed by atoms with E-state index in [9.17, 15) is 13.2 Å². The Labute approximate surface area is 107 Å². The highest BCUT2D eigenvalue weighted by Gasteiger charge is 2.38. The van der Waals surface area contributed by atoms with E-state index in [0.29, 0.717) is 18.3 Å². The van der Waals surface area contributed by atoms with Crippen LogP contribution >= 0.6 is 0 Å². The van der Waals surface area contributed by atoms with Gasteiger partial charge in [-0.15, -0.1) is 0 Å². The topological polar surface area (TPSA) is 83.9 Å². The molecule has 0 saturated carbocycles. The molecule has 104 valence electrons. The van der Waals surface area contributed by atoms with Crippen molar-refractivity contribution >= 4 is 16.1 Å². The van der Waals surface area contributed by atoms with Gasteiger partial charge in [-0.25, -0.2) is 4.79 Å². The number of carbonyl (C=O) groups excluding carboxylic acids is 1. The summed E-state index contributed by atoms with van der Waals surface area (Å²) in [5.41, 5.74) is 0.860. The average Bonchev–Trinajstić information content (AvgIpc) is 2.50. The Bertz CT molecular complexity index is 434. The molecule has 1 N–H and O–H groups in total. The third kappa shape index (κ3) is 4.08. The summed E-state index contributed by atoms with van der Waals surface area (Å²) in [5, 5.41) is 0. The lowest BCUT2D eigenvalue weighted by Gasteiger charge is -2.30. The number of ether oxygens (including phenoxy) is 1. The Morgan fingerprint density at radius 2 is 2.06 bits per heavy atom. The summed E-state index contributed by atoms with van der Waals surface area (Å²) in [4.78, 5) is 13.7. The van der Waals surface area contributed by atoms with Gasteiger partial charge in [-0.05, 0) is 26.3 Å². The van der Waals surface area contributed by atoms with Crippen LogP contribution in [0.1, 0.15) is 19.3 Å². The third-order valence-corrected chi connectivity index (χ3v) is 3.23. The molecule has 2 atom stereocenters. The fraction of sp³-hybridized carbons (Fsp3) is 0.727. The zero-order valence-electron chi connectivity index (χ0n) is 10.8. The number of fused-ring (bicyclic) bond motifs is 2. The van der Waals surface area contributed by atoms with Gasteiger partial charge >= 0.3 is 5.97 Å². The fourth-order valence-corrected chi connectivity index (χ4v) is 2.41. The Morgan fingerprint density at radius 1 is 1.50 bits per heavy atom. The molecule has 0 aromatic carbocycles. The summed E-state index contributed by atoms with van der Waals surface area (Å²) in [5.74, 6) is -0.155. The second-order valence-corrected chi connectivity index (χ2v) is 6.00. The first-order valence-corrected chi connectivity index (χ1v) is 7.51. The maximum Gasteiger partial charge on any atom is 0.335 e. The largest absolute Gasteiger partial charge is 0.466 e. The number of esters is 1. The highest BCUT2D eigenvalue weighted by molar-refractivity contribution is 7.85. The van der Waals surface area contributed by atoms with Crippen molar-refractivity contribution in [2.75, 3.05) is 20.4 Å². The lowest BCUT2D eigenvalue weighted by Crippen LogP contribution is -2.38. The van der Waals surface area contributed by atoms with E-state index in [4.69, 9.17) is 9.29 Å². The number of hydrogen-bond donors (Lipinski definition) is 1. The van der Waals surface area contributed by atoms with Crippen molar-refractivity contribution in [2.45, 2.75) is 31.3 Å². The van der Waals surface area contributed by atoms with Crippen LogP contribution in [0.3, 0.4) is 0 Å². The second-order valence-electron chi connectivity index (χ2n) is 4.53. The van der Waals surface area contributed by atoms with Crippen LogP contribution in [-0.4, -0.2) is 56.3 Å². The summed E-state index contributed by atoms with van der Waals surface area (Å²) in [7, 11) is -0.123. The smallest absolute Gasteiger partial charge is 0.335 e. The SMILES string of the molecule is COC(=O)C1=CC[C@@H]2CC[C@H]1N2C.CS(=O)(=O)O. The first-order valence-electron chi connectivity index (χ1n) is 5.66. The quantitative estimate of drug-likeness (QED) is 0.553. The van der Waals surface area contributed by atoms with Gasteiger partial charge < -0.3 is 4.74 Å². The second kappa shape index (κ2) is 5.81. The maximum atomic E-state index is 11.4. The van der Waals surface area contributed by atoms with Gasteiger partial charge in [0.05, 0.1) is 18.9 Å². The number of hydrogen-bond acceptors (Lipinski definition) is 5. The summed E-state index contributed by atoms with van der Waals surface area (Å²) in [6, 6.07) is 0.963. The Hall–Kier alpha value is -0.920. The number of rotatable bonds is 1. The predicted molar refractivity (Wildman–Crippen MR) is 66.8 cm³/mol. The lowest BCUT2D eigenvalue weighted by atomic mass is 10.0. The first-order chi connectivity index (χ1) is 8.24. The molecule has 2 bridgehead atoms. The van der Waals surface area contributed by atoms with Crippen molar-refractivity contribution in [1.82, 2.24) is 4.90 Å². The summed E-state index contributed by atoms with van der Waals surface area (Å²) >= 11 is 0. The standard InChI is InChI=1S/C10H15NO2.CH4O3S/c1-11-7-3-5-8(10(12)13-2)9(11)6-4-7;1-5(2,3)4/h5,7,9H,3-4,6H2,1-2H3;1H3,(H,2,3,4)/t7-,9-;/m1./s1. The molecule has 18 heavy (non-hydrogen) atoms. The molecule has 0 unspecified atom stereocenters. The van der Waals surface area contributed by atoms with Crippen molar-refractivity contribution in [3.63, 3.8) is 0 Å². The van der Waals surface area contributed by atoms with Crippen LogP contribution in [0.15, 0.2) is 11.6 Å². The monoisotopic (exact) mass is 277 g/mol. The number of carbonyl (C=O) groups is 1. The Morgan fingerprint density at radius 3 is 2.56 bits per heavy atom. The molecule has 2 heterocycles. The van der Waals surface area contributed by atoms with Gasteiger partial charge in [0.2, 0.25) is 0 Å². The molecule has 6 nitrogen and oxygen atoms in total. The van der Waals surface area contributed by atoms with Crippen LogP contribution in [0, 0.1) is 0 Å². The van der Waals surface area contributed by atoms with E-state index < -0.39 is 10.1 Å². The third-order valence-electron chi connectivity index (χ3n) is 3.23. The summed E-state index contributed by atoms with van der Waals surface area (Å²) in [6.45, 7) is 0. The van der Waals surface area contributed by atoms with E-state index in [1.54, 1.807) is 0 Å². The highest BCUT2D eigenvalue weighted by Crippen LogP contribution is 2.34. The van der Waals surface area contributed by atoms with E-state index in [-0.39, 0.29) is 5.97 Å². The average molecular weight is 277 g/mol. The van der Waals surface area contributed by atoms with E-state index in [1.165, 1.54) is 13.5 Å². The minimum Gasteiger partial charge on any atom is -0.466 e. The molecule has 2 aliphatic rings. The highest BCUT2D eigenvalue weighted by atomic mass is 32.2. The molecule has 1 fully saturated rings. The molecule has 0 amide bonds.